The van der Waals surface area contributed by atoms with Crippen LogP contribution >= 0.6 is 0 Å². The highest BCUT2D eigenvalue weighted by molar-refractivity contribution is 5.51. The van der Waals surface area contributed by atoms with E-state index in [1.807, 2.05) is 19.1 Å². The maximum Gasteiger partial charge on any atom is 0.147 e. The smallest absolute Gasteiger partial charge is 0.147 e. The lowest BCUT2D eigenvalue weighted by atomic mass is 10.2. The van der Waals surface area contributed by atoms with Crippen molar-refractivity contribution < 1.29 is 4.74 Å². The molecule has 0 saturated heterocycles. The van der Waals surface area contributed by atoms with Crippen molar-refractivity contribution in [3.8, 4) is 23.8 Å². The molecular formula is C12H11N3O. The number of hydrogen-bond acceptors (Lipinski definition) is 3. The van der Waals surface area contributed by atoms with E-state index in [1.165, 1.54) is 0 Å². The zero-order chi connectivity index (χ0) is 11.5. The van der Waals surface area contributed by atoms with E-state index in [0.29, 0.717) is 11.6 Å². The lowest BCUT2D eigenvalue weighted by Crippen LogP contribution is -1.99. The molecule has 4 heteroatoms. The van der Waals surface area contributed by atoms with Crippen LogP contribution in [0.25, 0.3) is 5.69 Å². The van der Waals surface area contributed by atoms with Gasteiger partial charge in [-0.3, -0.25) is 0 Å². The molecule has 4 nitrogen and oxygen atoms in total. The Hall–Kier alpha value is -2.28. The summed E-state index contributed by atoms with van der Waals surface area (Å²) in [6.45, 7) is 1.83. The summed E-state index contributed by atoms with van der Waals surface area (Å²) in [7, 11) is 1.60. The zero-order valence-electron chi connectivity index (χ0n) is 9.14. The third-order valence-electron chi connectivity index (χ3n) is 2.20. The zero-order valence-corrected chi connectivity index (χ0v) is 9.14. The Morgan fingerprint density at radius 2 is 2.25 bits per heavy atom. The molecule has 0 spiro atoms. The van der Waals surface area contributed by atoms with Crippen LogP contribution < -0.4 is 4.74 Å². The van der Waals surface area contributed by atoms with Crippen LogP contribution in [0.5, 0.6) is 5.75 Å². The Labute approximate surface area is 93.9 Å². The molecule has 0 fully saturated rings. The van der Waals surface area contributed by atoms with Gasteiger partial charge in [0.1, 0.15) is 23.6 Å². The van der Waals surface area contributed by atoms with E-state index < -0.39 is 0 Å². The van der Waals surface area contributed by atoms with Gasteiger partial charge >= 0.3 is 0 Å². The molecule has 0 aliphatic rings. The van der Waals surface area contributed by atoms with Crippen molar-refractivity contribution in [1.29, 1.82) is 0 Å². The summed E-state index contributed by atoms with van der Waals surface area (Å²) >= 11 is 0. The maximum atomic E-state index is 5.33. The fourth-order valence-electron chi connectivity index (χ4n) is 1.42. The van der Waals surface area contributed by atoms with Gasteiger partial charge in [-0.1, -0.05) is 5.92 Å². The van der Waals surface area contributed by atoms with Crippen LogP contribution in [-0.2, 0) is 0 Å². The molecule has 0 radical (unpaired) electrons. The second-order valence-electron chi connectivity index (χ2n) is 3.27. The minimum Gasteiger partial charge on any atom is -0.494 e. The van der Waals surface area contributed by atoms with Crippen molar-refractivity contribution in [1.82, 2.24) is 14.8 Å². The number of nitrogens with zero attached hydrogens (tertiary/aromatic N) is 3. The first-order valence-corrected chi connectivity index (χ1v) is 4.78. The lowest BCUT2D eigenvalue weighted by Gasteiger charge is -2.07. The van der Waals surface area contributed by atoms with Gasteiger partial charge < -0.3 is 4.74 Å². The average Bonchev–Trinajstić information content (AvgIpc) is 2.74. The summed E-state index contributed by atoms with van der Waals surface area (Å²) in [5, 5.41) is 4.22. The first-order valence-electron chi connectivity index (χ1n) is 4.78. The highest BCUT2D eigenvalue weighted by Crippen LogP contribution is 2.23. The van der Waals surface area contributed by atoms with Crippen LogP contribution in [0.4, 0.5) is 0 Å². The summed E-state index contributed by atoms with van der Waals surface area (Å²) in [6.07, 6.45) is 6.97. The van der Waals surface area contributed by atoms with Crippen molar-refractivity contribution >= 4 is 0 Å². The first kappa shape index (κ1) is 10.2. The number of terminal acetylenes is 1. The second kappa shape index (κ2) is 4.07. The van der Waals surface area contributed by atoms with Gasteiger partial charge in [-0.15, -0.1) is 6.42 Å². The minimum absolute atomic E-state index is 0.681. The summed E-state index contributed by atoms with van der Waals surface area (Å²) < 4.78 is 6.93. The van der Waals surface area contributed by atoms with E-state index >= 15 is 0 Å². The average molecular weight is 213 g/mol. The maximum absolute atomic E-state index is 5.33. The van der Waals surface area contributed by atoms with Gasteiger partial charge in [-0.05, 0) is 25.1 Å². The molecule has 0 atom stereocenters. The number of aromatic nitrogens is 3. The van der Waals surface area contributed by atoms with Gasteiger partial charge in [0, 0.05) is 5.56 Å². The molecule has 0 N–H and O–H groups in total. The number of methoxy groups -OCH3 is 1. The summed E-state index contributed by atoms with van der Waals surface area (Å²) in [6, 6.07) is 5.50. The SMILES string of the molecule is C#Cc1ccc(-n2cnc(C)n2)c(OC)c1. The fraction of sp³-hybridized carbons (Fsp3) is 0.167. The van der Waals surface area contributed by atoms with Crippen molar-refractivity contribution in [2.45, 2.75) is 6.92 Å². The second-order valence-corrected chi connectivity index (χ2v) is 3.27. The third kappa shape index (κ3) is 1.75. The van der Waals surface area contributed by atoms with Crippen molar-refractivity contribution in [2.75, 3.05) is 7.11 Å². The van der Waals surface area contributed by atoms with E-state index in [2.05, 4.69) is 16.0 Å². The van der Waals surface area contributed by atoms with Crippen LogP contribution in [0.1, 0.15) is 11.4 Å². The van der Waals surface area contributed by atoms with Crippen LogP contribution in [0.15, 0.2) is 24.5 Å². The molecule has 80 valence electrons. The molecule has 0 saturated carbocycles. The predicted octanol–water partition coefficient (Wildman–Crippen LogP) is 1.57. The van der Waals surface area contributed by atoms with E-state index in [-0.39, 0.29) is 0 Å². The standard InChI is InChI=1S/C12H11N3O/c1-4-10-5-6-11(12(7-10)16-3)15-8-13-9(2)14-15/h1,5-8H,2-3H3. The number of aryl methyl sites for hydroxylation is 1. The summed E-state index contributed by atoms with van der Waals surface area (Å²) in [5.41, 5.74) is 1.60. The fourth-order valence-corrected chi connectivity index (χ4v) is 1.42. The lowest BCUT2D eigenvalue weighted by molar-refractivity contribution is 0.411. The molecule has 0 unspecified atom stereocenters. The number of hydrogen-bond donors (Lipinski definition) is 0. The molecule has 0 amide bonds. The Morgan fingerprint density at radius 1 is 1.44 bits per heavy atom. The van der Waals surface area contributed by atoms with E-state index in [1.54, 1.807) is 24.2 Å². The molecule has 2 aromatic rings. The minimum atomic E-state index is 0.681. The Bertz CT molecular complexity index is 552. The van der Waals surface area contributed by atoms with E-state index in [0.717, 1.165) is 11.3 Å². The van der Waals surface area contributed by atoms with Gasteiger partial charge in [-0.2, -0.15) is 5.10 Å². The van der Waals surface area contributed by atoms with Gasteiger partial charge in [0.05, 0.1) is 7.11 Å². The Kier molecular flexibility index (Phi) is 2.61. The Morgan fingerprint density at radius 3 is 2.81 bits per heavy atom. The first-order chi connectivity index (χ1) is 7.74. The molecule has 0 aliphatic heterocycles. The van der Waals surface area contributed by atoms with Crippen LogP contribution in [0.2, 0.25) is 0 Å². The number of benzene rings is 1. The predicted molar refractivity (Wildman–Crippen MR) is 60.6 cm³/mol. The van der Waals surface area contributed by atoms with Crippen LogP contribution in [-0.4, -0.2) is 21.9 Å². The number of rotatable bonds is 2. The summed E-state index contributed by atoms with van der Waals surface area (Å²) in [4.78, 5) is 4.07. The van der Waals surface area contributed by atoms with Gasteiger partial charge in [-0.25, -0.2) is 9.67 Å². The van der Waals surface area contributed by atoms with E-state index in [9.17, 15) is 0 Å². The monoisotopic (exact) mass is 213 g/mol. The molecule has 0 aliphatic carbocycles. The molecule has 1 aromatic carbocycles. The van der Waals surface area contributed by atoms with Gasteiger partial charge in [0.25, 0.3) is 0 Å². The highest BCUT2D eigenvalue weighted by Gasteiger charge is 2.07. The normalized spacial score (nSPS) is 9.81. The highest BCUT2D eigenvalue weighted by atomic mass is 16.5. The molecule has 2 rings (SSSR count). The van der Waals surface area contributed by atoms with Crippen molar-refractivity contribution in [3.63, 3.8) is 0 Å². The van der Waals surface area contributed by atoms with Gasteiger partial charge in [0.15, 0.2) is 0 Å². The topological polar surface area (TPSA) is 39.9 Å². The Balaban J connectivity index is 2.53. The van der Waals surface area contributed by atoms with Crippen LogP contribution in [0.3, 0.4) is 0 Å². The molecular weight excluding hydrogens is 202 g/mol. The van der Waals surface area contributed by atoms with Crippen LogP contribution in [0, 0.1) is 19.3 Å². The van der Waals surface area contributed by atoms with Crippen molar-refractivity contribution in [3.05, 3.63) is 35.9 Å². The molecule has 1 aromatic heterocycles. The third-order valence-corrected chi connectivity index (χ3v) is 2.20. The summed E-state index contributed by atoms with van der Waals surface area (Å²) in [5.74, 6) is 3.95. The largest absolute Gasteiger partial charge is 0.494 e. The quantitative estimate of drug-likeness (QED) is 0.711. The molecule has 16 heavy (non-hydrogen) atoms. The van der Waals surface area contributed by atoms with Crippen molar-refractivity contribution in [2.24, 2.45) is 0 Å². The number of ether oxygens (including phenoxy) is 1. The van der Waals surface area contributed by atoms with E-state index in [4.69, 9.17) is 11.2 Å². The molecule has 1 heterocycles. The van der Waals surface area contributed by atoms with Gasteiger partial charge in [0.2, 0.25) is 0 Å². The molecule has 0 bridgehead atoms.